The quantitative estimate of drug-likeness (QED) is 0.696. The van der Waals surface area contributed by atoms with Gasteiger partial charge in [-0.25, -0.2) is 9.97 Å². The van der Waals surface area contributed by atoms with Gasteiger partial charge in [0.15, 0.2) is 0 Å². The zero-order valence-corrected chi connectivity index (χ0v) is 15.0. The lowest BCUT2D eigenvalue weighted by atomic mass is 10.2. The summed E-state index contributed by atoms with van der Waals surface area (Å²) in [6.07, 6.45) is 1.34. The zero-order valence-electron chi connectivity index (χ0n) is 14.3. The minimum Gasteiger partial charge on any atom is -0.497 e. The Labute approximate surface area is 156 Å². The first-order chi connectivity index (χ1) is 12.5. The fourth-order valence-electron chi connectivity index (χ4n) is 2.31. The normalized spacial score (nSPS) is 10.3. The van der Waals surface area contributed by atoms with Crippen LogP contribution in [0.5, 0.6) is 5.75 Å². The predicted molar refractivity (Wildman–Crippen MR) is 102 cm³/mol. The Morgan fingerprint density at radius 3 is 2.77 bits per heavy atom. The summed E-state index contributed by atoms with van der Waals surface area (Å²) in [7, 11) is 1.57. The molecule has 0 spiro atoms. The van der Waals surface area contributed by atoms with Crippen LogP contribution in [0.4, 0.5) is 17.2 Å². The Balaban J connectivity index is 1.77. The molecule has 3 aromatic rings. The number of carbonyl (C=O) groups excluding carboxylic acids is 1. The lowest BCUT2D eigenvalue weighted by Gasteiger charge is -2.10. The van der Waals surface area contributed by atoms with Crippen molar-refractivity contribution >= 4 is 34.7 Å². The molecule has 0 saturated heterocycles. The summed E-state index contributed by atoms with van der Waals surface area (Å²) >= 11 is 6.03. The molecule has 1 aromatic heterocycles. The number of aromatic nitrogens is 2. The van der Waals surface area contributed by atoms with Gasteiger partial charge in [0, 0.05) is 28.5 Å². The van der Waals surface area contributed by atoms with E-state index in [1.165, 1.54) is 6.33 Å². The Kier molecular flexibility index (Phi) is 5.34. The molecular weight excluding hydrogens is 352 g/mol. The van der Waals surface area contributed by atoms with Gasteiger partial charge in [0.05, 0.1) is 7.11 Å². The van der Waals surface area contributed by atoms with Crippen LogP contribution < -0.4 is 15.4 Å². The molecule has 0 saturated carbocycles. The van der Waals surface area contributed by atoms with Gasteiger partial charge in [-0.1, -0.05) is 23.7 Å². The number of aryl methyl sites for hydroxylation is 1. The number of benzene rings is 2. The van der Waals surface area contributed by atoms with E-state index in [2.05, 4.69) is 20.6 Å². The molecule has 0 fully saturated rings. The smallest absolute Gasteiger partial charge is 0.274 e. The third-order valence-corrected chi connectivity index (χ3v) is 3.92. The molecule has 3 rings (SSSR count). The van der Waals surface area contributed by atoms with Crippen LogP contribution in [-0.4, -0.2) is 23.0 Å². The first-order valence-electron chi connectivity index (χ1n) is 7.86. The number of amides is 1. The van der Waals surface area contributed by atoms with Crippen LogP contribution in [0.15, 0.2) is 54.9 Å². The van der Waals surface area contributed by atoms with Crippen molar-refractivity contribution in [1.82, 2.24) is 9.97 Å². The van der Waals surface area contributed by atoms with E-state index < -0.39 is 0 Å². The Hall–Kier alpha value is -3.12. The fourth-order valence-corrected chi connectivity index (χ4v) is 2.48. The van der Waals surface area contributed by atoms with E-state index in [0.717, 1.165) is 11.3 Å². The van der Waals surface area contributed by atoms with E-state index in [9.17, 15) is 4.79 Å². The van der Waals surface area contributed by atoms with Gasteiger partial charge in [-0.3, -0.25) is 4.79 Å². The summed E-state index contributed by atoms with van der Waals surface area (Å²) < 4.78 is 5.15. The molecule has 0 atom stereocenters. The third-order valence-electron chi connectivity index (χ3n) is 3.69. The van der Waals surface area contributed by atoms with Gasteiger partial charge in [0.2, 0.25) is 0 Å². The van der Waals surface area contributed by atoms with E-state index in [-0.39, 0.29) is 11.6 Å². The van der Waals surface area contributed by atoms with E-state index >= 15 is 0 Å². The maximum atomic E-state index is 12.4. The Morgan fingerprint density at radius 1 is 1.12 bits per heavy atom. The number of carbonyl (C=O) groups is 1. The summed E-state index contributed by atoms with van der Waals surface area (Å²) in [6.45, 7) is 1.95. The van der Waals surface area contributed by atoms with Gasteiger partial charge in [-0.05, 0) is 36.8 Å². The molecule has 2 aromatic carbocycles. The van der Waals surface area contributed by atoms with Crippen molar-refractivity contribution in [3.63, 3.8) is 0 Å². The van der Waals surface area contributed by atoms with Gasteiger partial charge in [0.25, 0.3) is 5.91 Å². The minimum atomic E-state index is -0.341. The van der Waals surface area contributed by atoms with Crippen molar-refractivity contribution in [3.05, 3.63) is 71.1 Å². The van der Waals surface area contributed by atoms with Crippen LogP contribution in [0, 0.1) is 6.92 Å². The number of methoxy groups -OCH3 is 1. The van der Waals surface area contributed by atoms with Crippen LogP contribution in [0.1, 0.15) is 16.1 Å². The average molecular weight is 369 g/mol. The van der Waals surface area contributed by atoms with Gasteiger partial charge in [-0.2, -0.15) is 0 Å². The molecule has 132 valence electrons. The number of rotatable bonds is 5. The SMILES string of the molecule is COc1cccc(NC(=O)c2cc(Nc3cc(Cl)ccc3C)ncn2)c1. The largest absolute Gasteiger partial charge is 0.497 e. The topological polar surface area (TPSA) is 76.1 Å². The molecule has 0 radical (unpaired) electrons. The van der Waals surface area contributed by atoms with E-state index in [1.807, 2.05) is 19.1 Å². The summed E-state index contributed by atoms with van der Waals surface area (Å²) in [6, 6.07) is 14.2. The van der Waals surface area contributed by atoms with Crippen molar-refractivity contribution in [1.29, 1.82) is 0 Å². The number of hydrogen-bond acceptors (Lipinski definition) is 5. The molecule has 6 nitrogen and oxygen atoms in total. The number of hydrogen-bond donors (Lipinski definition) is 2. The molecule has 0 aliphatic carbocycles. The number of halogens is 1. The van der Waals surface area contributed by atoms with E-state index in [4.69, 9.17) is 16.3 Å². The molecule has 7 heteroatoms. The molecule has 0 aliphatic heterocycles. The number of nitrogens with zero attached hydrogens (tertiary/aromatic N) is 2. The molecule has 0 bridgehead atoms. The first kappa shape index (κ1) is 17.7. The van der Waals surface area contributed by atoms with Crippen LogP contribution >= 0.6 is 11.6 Å². The summed E-state index contributed by atoms with van der Waals surface area (Å²) in [5.74, 6) is 0.817. The monoisotopic (exact) mass is 368 g/mol. The maximum absolute atomic E-state index is 12.4. The lowest BCUT2D eigenvalue weighted by Crippen LogP contribution is -2.14. The fraction of sp³-hybridized carbons (Fsp3) is 0.105. The molecule has 26 heavy (non-hydrogen) atoms. The van der Waals surface area contributed by atoms with E-state index in [1.54, 1.807) is 43.5 Å². The van der Waals surface area contributed by atoms with Crippen LogP contribution in [0.2, 0.25) is 5.02 Å². The highest BCUT2D eigenvalue weighted by Crippen LogP contribution is 2.23. The second-order valence-corrected chi connectivity index (χ2v) is 6.00. The third kappa shape index (κ3) is 4.29. The van der Waals surface area contributed by atoms with Gasteiger partial charge >= 0.3 is 0 Å². The van der Waals surface area contributed by atoms with Crippen LogP contribution in [-0.2, 0) is 0 Å². The summed E-state index contributed by atoms with van der Waals surface area (Å²) in [4.78, 5) is 20.6. The number of ether oxygens (including phenoxy) is 1. The van der Waals surface area contributed by atoms with Crippen LogP contribution in [0.25, 0.3) is 0 Å². The highest BCUT2D eigenvalue weighted by Gasteiger charge is 2.10. The number of nitrogens with one attached hydrogen (secondary N) is 2. The van der Waals surface area contributed by atoms with E-state index in [0.29, 0.717) is 22.3 Å². The van der Waals surface area contributed by atoms with Gasteiger partial charge in [-0.15, -0.1) is 0 Å². The summed E-state index contributed by atoms with van der Waals surface area (Å²) in [5, 5.41) is 6.56. The Morgan fingerprint density at radius 2 is 1.96 bits per heavy atom. The highest BCUT2D eigenvalue weighted by molar-refractivity contribution is 6.30. The zero-order chi connectivity index (χ0) is 18.5. The van der Waals surface area contributed by atoms with Crippen molar-refractivity contribution in [2.24, 2.45) is 0 Å². The molecule has 0 unspecified atom stereocenters. The molecule has 0 aliphatic rings. The highest BCUT2D eigenvalue weighted by atomic mass is 35.5. The molecule has 2 N–H and O–H groups in total. The second kappa shape index (κ2) is 7.84. The van der Waals surface area contributed by atoms with Crippen molar-refractivity contribution in [2.75, 3.05) is 17.7 Å². The number of anilines is 3. The Bertz CT molecular complexity index is 946. The first-order valence-corrected chi connectivity index (χ1v) is 8.23. The van der Waals surface area contributed by atoms with Crippen molar-refractivity contribution in [3.8, 4) is 5.75 Å². The maximum Gasteiger partial charge on any atom is 0.274 e. The average Bonchev–Trinajstić information content (AvgIpc) is 2.65. The minimum absolute atomic E-state index is 0.241. The summed E-state index contributed by atoms with van der Waals surface area (Å²) in [5.41, 5.74) is 2.68. The van der Waals surface area contributed by atoms with Gasteiger partial charge in [0.1, 0.15) is 23.6 Å². The second-order valence-electron chi connectivity index (χ2n) is 5.56. The van der Waals surface area contributed by atoms with Crippen molar-refractivity contribution in [2.45, 2.75) is 6.92 Å². The van der Waals surface area contributed by atoms with Crippen molar-refractivity contribution < 1.29 is 9.53 Å². The molecule has 1 heterocycles. The molecular formula is C19H17ClN4O2. The standard InChI is InChI=1S/C19H17ClN4O2/c1-12-6-7-13(20)8-16(12)24-18-10-17(21-11-22-18)19(25)23-14-4-3-5-15(9-14)26-2/h3-11H,1-2H3,(H,23,25)(H,21,22,24). The predicted octanol–water partition coefficient (Wildman–Crippen LogP) is 4.44. The lowest BCUT2D eigenvalue weighted by molar-refractivity contribution is 0.102. The van der Waals surface area contributed by atoms with Gasteiger partial charge < -0.3 is 15.4 Å². The van der Waals surface area contributed by atoms with Crippen LogP contribution in [0.3, 0.4) is 0 Å². The molecule has 1 amide bonds.